The highest BCUT2D eigenvalue weighted by molar-refractivity contribution is 5.24. The molecule has 0 unspecified atom stereocenters. The molecule has 4 nitrogen and oxygen atoms in total. The molecule has 2 aliphatic rings. The fourth-order valence-corrected chi connectivity index (χ4v) is 1.13. The minimum Gasteiger partial charge on any atom is -0.475 e. The Hall–Kier alpha value is -1.84. The third kappa shape index (κ3) is 2.10. The van der Waals surface area contributed by atoms with Gasteiger partial charge in [-0.3, -0.25) is 0 Å². The molecule has 2 heterocycles. The zero-order chi connectivity index (χ0) is 9.80. The maximum Gasteiger partial charge on any atom is 0.193 e. The van der Waals surface area contributed by atoms with Gasteiger partial charge in [0.05, 0.1) is 6.26 Å². The monoisotopic (exact) mass is 192 g/mol. The van der Waals surface area contributed by atoms with Crippen molar-refractivity contribution in [3.8, 4) is 0 Å². The first kappa shape index (κ1) is 8.74. The third-order valence-corrected chi connectivity index (χ3v) is 1.83. The Bertz CT molecular complexity index is 329. The standard InChI is InChI=1S/C10H12N2O2/c1-8-12-6-9(7-14-8)5-10-11-3-2-4-13-10/h2,4-6,11-12H,1,3,7H2/b10-5-. The summed E-state index contributed by atoms with van der Waals surface area (Å²) in [4.78, 5) is 0. The highest BCUT2D eigenvalue weighted by Gasteiger charge is 2.06. The molecule has 0 spiro atoms. The fraction of sp³-hybridized carbons (Fsp3) is 0.200. The first-order valence-electron chi connectivity index (χ1n) is 4.39. The second kappa shape index (κ2) is 3.91. The minimum absolute atomic E-state index is 0.518. The molecule has 0 saturated carbocycles. The zero-order valence-electron chi connectivity index (χ0n) is 7.75. The van der Waals surface area contributed by atoms with Gasteiger partial charge in [0.25, 0.3) is 0 Å². The number of rotatable bonds is 1. The topological polar surface area (TPSA) is 42.5 Å². The van der Waals surface area contributed by atoms with Crippen LogP contribution in [0.4, 0.5) is 0 Å². The first-order chi connectivity index (χ1) is 6.84. The Morgan fingerprint density at radius 1 is 1.50 bits per heavy atom. The maximum atomic E-state index is 5.23. The number of hydrogen-bond acceptors (Lipinski definition) is 4. The largest absolute Gasteiger partial charge is 0.475 e. The van der Waals surface area contributed by atoms with Gasteiger partial charge in [-0.05, 0) is 12.7 Å². The van der Waals surface area contributed by atoms with E-state index in [1.807, 2.05) is 18.4 Å². The molecular formula is C10H12N2O2. The maximum absolute atomic E-state index is 5.23. The summed E-state index contributed by atoms with van der Waals surface area (Å²) in [5.41, 5.74) is 1.01. The summed E-state index contributed by atoms with van der Waals surface area (Å²) < 4.78 is 10.4. The van der Waals surface area contributed by atoms with Crippen LogP contribution in [0.1, 0.15) is 0 Å². The lowest BCUT2D eigenvalue weighted by Gasteiger charge is -2.17. The van der Waals surface area contributed by atoms with Crippen LogP contribution < -0.4 is 10.6 Å². The third-order valence-electron chi connectivity index (χ3n) is 1.83. The van der Waals surface area contributed by atoms with E-state index in [-0.39, 0.29) is 0 Å². The molecule has 74 valence electrons. The van der Waals surface area contributed by atoms with Crippen LogP contribution in [-0.2, 0) is 9.47 Å². The number of nitrogens with one attached hydrogen (secondary N) is 2. The molecule has 0 aliphatic carbocycles. The van der Waals surface area contributed by atoms with Crippen LogP contribution in [0.15, 0.2) is 48.5 Å². The highest BCUT2D eigenvalue weighted by Crippen LogP contribution is 2.09. The van der Waals surface area contributed by atoms with Gasteiger partial charge in [0, 0.05) is 24.4 Å². The van der Waals surface area contributed by atoms with E-state index in [0.717, 1.165) is 18.0 Å². The van der Waals surface area contributed by atoms with Crippen molar-refractivity contribution in [2.75, 3.05) is 13.2 Å². The summed E-state index contributed by atoms with van der Waals surface area (Å²) in [5.74, 6) is 1.31. The smallest absolute Gasteiger partial charge is 0.193 e. The molecule has 14 heavy (non-hydrogen) atoms. The number of hydrogen-bond donors (Lipinski definition) is 2. The van der Waals surface area contributed by atoms with Crippen LogP contribution in [0, 0.1) is 0 Å². The van der Waals surface area contributed by atoms with Crippen molar-refractivity contribution in [1.82, 2.24) is 10.6 Å². The SMILES string of the molecule is C=C1NC=C(/C=C2/NCC=CO2)CO1. The lowest BCUT2D eigenvalue weighted by molar-refractivity contribution is 0.214. The molecule has 0 aromatic carbocycles. The first-order valence-corrected chi connectivity index (χ1v) is 4.39. The molecule has 0 aromatic heterocycles. The molecule has 0 amide bonds. The van der Waals surface area contributed by atoms with Crippen molar-refractivity contribution in [2.45, 2.75) is 0 Å². The lowest BCUT2D eigenvalue weighted by atomic mass is 10.2. The van der Waals surface area contributed by atoms with Crippen LogP contribution in [-0.4, -0.2) is 13.2 Å². The summed E-state index contributed by atoms with van der Waals surface area (Å²) in [5, 5.41) is 5.98. The van der Waals surface area contributed by atoms with Crippen molar-refractivity contribution >= 4 is 0 Å². The molecule has 0 atom stereocenters. The van der Waals surface area contributed by atoms with Gasteiger partial charge in [0.2, 0.25) is 0 Å². The van der Waals surface area contributed by atoms with E-state index in [0.29, 0.717) is 12.5 Å². The Morgan fingerprint density at radius 3 is 3.07 bits per heavy atom. The van der Waals surface area contributed by atoms with Gasteiger partial charge in [-0.1, -0.05) is 0 Å². The van der Waals surface area contributed by atoms with Crippen LogP contribution >= 0.6 is 0 Å². The van der Waals surface area contributed by atoms with Crippen LogP contribution in [0.25, 0.3) is 0 Å². The Balaban J connectivity index is 2.02. The Kier molecular flexibility index (Phi) is 2.44. The molecule has 0 radical (unpaired) electrons. The van der Waals surface area contributed by atoms with Gasteiger partial charge in [-0.25, -0.2) is 0 Å². The van der Waals surface area contributed by atoms with E-state index in [4.69, 9.17) is 9.47 Å². The molecule has 2 aliphatic heterocycles. The quantitative estimate of drug-likeness (QED) is 0.648. The average molecular weight is 192 g/mol. The van der Waals surface area contributed by atoms with Crippen LogP contribution in [0.3, 0.4) is 0 Å². The van der Waals surface area contributed by atoms with Crippen LogP contribution in [0.5, 0.6) is 0 Å². The predicted molar refractivity (Wildman–Crippen MR) is 52.6 cm³/mol. The predicted octanol–water partition coefficient (Wildman–Crippen LogP) is 0.936. The van der Waals surface area contributed by atoms with Crippen molar-refractivity contribution < 1.29 is 9.47 Å². The Labute approximate surface area is 82.6 Å². The van der Waals surface area contributed by atoms with Crippen LogP contribution in [0.2, 0.25) is 0 Å². The molecule has 0 aromatic rings. The van der Waals surface area contributed by atoms with Gasteiger partial charge in [0.1, 0.15) is 6.61 Å². The minimum atomic E-state index is 0.518. The normalized spacial score (nSPS) is 23.0. The summed E-state index contributed by atoms with van der Waals surface area (Å²) in [7, 11) is 0. The highest BCUT2D eigenvalue weighted by atomic mass is 16.5. The second-order valence-electron chi connectivity index (χ2n) is 2.95. The van der Waals surface area contributed by atoms with Crippen molar-refractivity contribution in [1.29, 1.82) is 0 Å². The van der Waals surface area contributed by atoms with Gasteiger partial charge in [-0.15, -0.1) is 0 Å². The Morgan fingerprint density at radius 2 is 2.43 bits per heavy atom. The van der Waals surface area contributed by atoms with Crippen molar-refractivity contribution in [2.24, 2.45) is 0 Å². The van der Waals surface area contributed by atoms with E-state index in [1.54, 1.807) is 6.26 Å². The molecular weight excluding hydrogens is 180 g/mol. The molecule has 4 heteroatoms. The zero-order valence-corrected chi connectivity index (χ0v) is 7.75. The average Bonchev–Trinajstić information content (AvgIpc) is 2.23. The van der Waals surface area contributed by atoms with E-state index in [9.17, 15) is 0 Å². The number of ether oxygens (including phenoxy) is 2. The molecule has 2 N–H and O–H groups in total. The lowest BCUT2D eigenvalue weighted by Crippen LogP contribution is -2.20. The van der Waals surface area contributed by atoms with E-state index >= 15 is 0 Å². The summed E-state index contributed by atoms with van der Waals surface area (Å²) in [6.07, 6.45) is 7.31. The van der Waals surface area contributed by atoms with E-state index in [2.05, 4.69) is 17.2 Å². The summed E-state index contributed by atoms with van der Waals surface area (Å²) in [6, 6.07) is 0. The second-order valence-corrected chi connectivity index (χ2v) is 2.95. The molecule has 0 saturated heterocycles. The van der Waals surface area contributed by atoms with E-state index < -0.39 is 0 Å². The van der Waals surface area contributed by atoms with Gasteiger partial charge < -0.3 is 20.1 Å². The molecule has 2 rings (SSSR count). The van der Waals surface area contributed by atoms with Crippen molar-refractivity contribution in [3.63, 3.8) is 0 Å². The van der Waals surface area contributed by atoms with Crippen molar-refractivity contribution in [3.05, 3.63) is 48.5 Å². The van der Waals surface area contributed by atoms with Gasteiger partial charge >= 0.3 is 0 Å². The van der Waals surface area contributed by atoms with Gasteiger partial charge in [0.15, 0.2) is 11.8 Å². The summed E-state index contributed by atoms with van der Waals surface area (Å²) in [6.45, 7) is 4.95. The van der Waals surface area contributed by atoms with E-state index in [1.165, 1.54) is 0 Å². The summed E-state index contributed by atoms with van der Waals surface area (Å²) >= 11 is 0. The molecule has 0 fully saturated rings. The fourth-order valence-electron chi connectivity index (χ4n) is 1.13. The van der Waals surface area contributed by atoms with Gasteiger partial charge in [-0.2, -0.15) is 0 Å². The molecule has 0 bridgehead atoms.